The summed E-state index contributed by atoms with van der Waals surface area (Å²) in [6.07, 6.45) is 1.66. The summed E-state index contributed by atoms with van der Waals surface area (Å²) >= 11 is 0. The highest BCUT2D eigenvalue weighted by Crippen LogP contribution is 2.40. The van der Waals surface area contributed by atoms with Crippen LogP contribution in [0.1, 0.15) is 29.7 Å². The van der Waals surface area contributed by atoms with Crippen molar-refractivity contribution in [3.05, 3.63) is 77.4 Å². The van der Waals surface area contributed by atoms with Crippen molar-refractivity contribution >= 4 is 17.4 Å². The second-order valence-electron chi connectivity index (χ2n) is 8.38. The van der Waals surface area contributed by atoms with E-state index >= 15 is 0 Å². The molecule has 7 heteroatoms. The van der Waals surface area contributed by atoms with Crippen molar-refractivity contribution in [2.75, 3.05) is 40.4 Å². The quantitative estimate of drug-likeness (QED) is 0.248. The number of carbonyl (C=O) groups excluding carboxylic acids is 2. The average molecular weight is 465 g/mol. The van der Waals surface area contributed by atoms with Crippen molar-refractivity contribution in [2.24, 2.45) is 0 Å². The molecule has 1 atom stereocenters. The standard InChI is InChI=1S/C27H32N2O5/c1-6-16-34-21-11-8-19(9-12-21)24-23(26(31)27(32)29(24)15-14-28(4)5)25(30)20-10-13-22(33-7-2)18(3)17-20/h6,8-13,17,24,30H,1,7,14-16H2,2-5H3. The Morgan fingerprint density at radius 3 is 2.44 bits per heavy atom. The van der Waals surface area contributed by atoms with E-state index in [-0.39, 0.29) is 11.3 Å². The first kappa shape index (κ1) is 25.1. The third-order valence-electron chi connectivity index (χ3n) is 5.64. The molecule has 1 aliphatic heterocycles. The first-order valence-corrected chi connectivity index (χ1v) is 11.3. The zero-order valence-corrected chi connectivity index (χ0v) is 20.2. The van der Waals surface area contributed by atoms with Gasteiger partial charge < -0.3 is 24.4 Å². The van der Waals surface area contributed by atoms with Gasteiger partial charge in [0.1, 0.15) is 23.9 Å². The minimum Gasteiger partial charge on any atom is -0.507 e. The van der Waals surface area contributed by atoms with Crippen molar-refractivity contribution in [2.45, 2.75) is 19.9 Å². The van der Waals surface area contributed by atoms with Crippen LogP contribution in [0.15, 0.2) is 60.7 Å². The molecule has 1 fully saturated rings. The van der Waals surface area contributed by atoms with E-state index in [1.807, 2.05) is 45.0 Å². The normalized spacial score (nSPS) is 17.3. The molecule has 1 unspecified atom stereocenters. The van der Waals surface area contributed by atoms with Gasteiger partial charge in [0.25, 0.3) is 11.7 Å². The van der Waals surface area contributed by atoms with Crippen LogP contribution in [0.4, 0.5) is 0 Å². The highest BCUT2D eigenvalue weighted by Gasteiger charge is 2.45. The van der Waals surface area contributed by atoms with Gasteiger partial charge in [0.2, 0.25) is 0 Å². The SMILES string of the molecule is C=CCOc1ccc(C2C(=C(O)c3ccc(OCC)c(C)c3)C(=O)C(=O)N2CCN(C)C)cc1. The van der Waals surface area contributed by atoms with Gasteiger partial charge >= 0.3 is 0 Å². The minimum absolute atomic E-state index is 0.0760. The Hall–Kier alpha value is -3.58. The Balaban J connectivity index is 2.08. The summed E-state index contributed by atoms with van der Waals surface area (Å²) in [5.74, 6) is -0.162. The van der Waals surface area contributed by atoms with Crippen LogP contribution in [0.5, 0.6) is 11.5 Å². The molecule has 1 aliphatic rings. The number of aliphatic hydroxyl groups is 1. The zero-order valence-electron chi connectivity index (χ0n) is 20.2. The third-order valence-corrected chi connectivity index (χ3v) is 5.64. The number of aliphatic hydroxyl groups excluding tert-OH is 1. The van der Waals surface area contributed by atoms with Crippen molar-refractivity contribution in [3.63, 3.8) is 0 Å². The molecule has 0 bridgehead atoms. The van der Waals surface area contributed by atoms with E-state index < -0.39 is 17.7 Å². The highest BCUT2D eigenvalue weighted by atomic mass is 16.5. The van der Waals surface area contributed by atoms with Gasteiger partial charge in [-0.3, -0.25) is 9.59 Å². The average Bonchev–Trinajstić information content (AvgIpc) is 3.07. The van der Waals surface area contributed by atoms with Gasteiger partial charge in [0.15, 0.2) is 0 Å². The van der Waals surface area contributed by atoms with Crippen molar-refractivity contribution in [3.8, 4) is 11.5 Å². The number of ether oxygens (including phenoxy) is 2. The predicted octanol–water partition coefficient (Wildman–Crippen LogP) is 3.94. The fourth-order valence-electron chi connectivity index (χ4n) is 3.94. The molecule has 7 nitrogen and oxygen atoms in total. The fraction of sp³-hybridized carbons (Fsp3) is 0.333. The van der Waals surface area contributed by atoms with Crippen molar-refractivity contribution in [1.29, 1.82) is 0 Å². The first-order valence-electron chi connectivity index (χ1n) is 11.3. The molecule has 3 rings (SSSR count). The van der Waals surface area contributed by atoms with Crippen LogP contribution in [0.25, 0.3) is 5.76 Å². The molecule has 0 aromatic heterocycles. The van der Waals surface area contributed by atoms with E-state index in [2.05, 4.69) is 6.58 Å². The van der Waals surface area contributed by atoms with Crippen LogP contribution in [-0.4, -0.2) is 67.0 Å². The summed E-state index contributed by atoms with van der Waals surface area (Å²) in [5.41, 5.74) is 2.08. The number of ketones is 1. The molecule has 1 amide bonds. The Labute approximate surface area is 200 Å². The lowest BCUT2D eigenvalue weighted by molar-refractivity contribution is -0.140. The second-order valence-corrected chi connectivity index (χ2v) is 8.38. The van der Waals surface area contributed by atoms with Gasteiger partial charge in [-0.2, -0.15) is 0 Å². The number of rotatable bonds is 10. The topological polar surface area (TPSA) is 79.3 Å². The number of Topliss-reactive ketones (excluding diaryl/α,β-unsaturated/α-hetero) is 1. The number of hydrogen-bond donors (Lipinski definition) is 1. The first-order chi connectivity index (χ1) is 16.3. The third kappa shape index (κ3) is 5.31. The number of nitrogens with zero attached hydrogens (tertiary/aromatic N) is 2. The maximum Gasteiger partial charge on any atom is 0.295 e. The van der Waals surface area contributed by atoms with Crippen LogP contribution >= 0.6 is 0 Å². The zero-order chi connectivity index (χ0) is 24.8. The van der Waals surface area contributed by atoms with Gasteiger partial charge in [0.05, 0.1) is 18.2 Å². The molecule has 0 radical (unpaired) electrons. The molecule has 2 aromatic rings. The van der Waals surface area contributed by atoms with Crippen LogP contribution < -0.4 is 9.47 Å². The molecule has 1 N–H and O–H groups in total. The summed E-state index contributed by atoms with van der Waals surface area (Å²) in [6.45, 7) is 9.23. The summed E-state index contributed by atoms with van der Waals surface area (Å²) < 4.78 is 11.1. The molecule has 0 spiro atoms. The van der Waals surface area contributed by atoms with Gasteiger partial charge in [-0.05, 0) is 69.4 Å². The Morgan fingerprint density at radius 1 is 1.15 bits per heavy atom. The van der Waals surface area contributed by atoms with Crippen LogP contribution in [0.3, 0.4) is 0 Å². The monoisotopic (exact) mass is 464 g/mol. The number of likely N-dealkylation sites (N-methyl/N-ethyl adjacent to an activating group) is 1. The Morgan fingerprint density at radius 2 is 1.85 bits per heavy atom. The lowest BCUT2D eigenvalue weighted by atomic mass is 9.94. The number of hydrogen-bond acceptors (Lipinski definition) is 6. The molecular weight excluding hydrogens is 432 g/mol. The smallest absolute Gasteiger partial charge is 0.295 e. The fourth-order valence-corrected chi connectivity index (χ4v) is 3.94. The number of aryl methyl sites for hydroxylation is 1. The van der Waals surface area contributed by atoms with Crippen molar-refractivity contribution < 1.29 is 24.2 Å². The molecule has 0 aliphatic carbocycles. The van der Waals surface area contributed by atoms with E-state index in [0.29, 0.717) is 48.9 Å². The lowest BCUT2D eigenvalue weighted by Gasteiger charge is -2.26. The maximum absolute atomic E-state index is 13.1. The van der Waals surface area contributed by atoms with E-state index in [9.17, 15) is 14.7 Å². The molecule has 1 heterocycles. The van der Waals surface area contributed by atoms with Crippen LogP contribution in [-0.2, 0) is 9.59 Å². The van der Waals surface area contributed by atoms with Gasteiger partial charge in [-0.15, -0.1) is 0 Å². The summed E-state index contributed by atoms with van der Waals surface area (Å²) in [5, 5.41) is 11.2. The number of amides is 1. The lowest BCUT2D eigenvalue weighted by Crippen LogP contribution is -2.35. The van der Waals surface area contributed by atoms with E-state index in [0.717, 1.165) is 5.56 Å². The van der Waals surface area contributed by atoms with E-state index in [1.54, 1.807) is 36.4 Å². The van der Waals surface area contributed by atoms with Crippen molar-refractivity contribution in [1.82, 2.24) is 9.80 Å². The van der Waals surface area contributed by atoms with Crippen LogP contribution in [0, 0.1) is 6.92 Å². The molecule has 2 aromatic carbocycles. The van der Waals surface area contributed by atoms with E-state index in [4.69, 9.17) is 9.47 Å². The largest absolute Gasteiger partial charge is 0.507 e. The number of carbonyl (C=O) groups is 2. The Bertz CT molecular complexity index is 1090. The van der Waals surface area contributed by atoms with Gasteiger partial charge in [0, 0.05) is 18.7 Å². The highest BCUT2D eigenvalue weighted by molar-refractivity contribution is 6.46. The second kappa shape index (κ2) is 11.0. The summed E-state index contributed by atoms with van der Waals surface area (Å²) in [4.78, 5) is 29.6. The van der Waals surface area contributed by atoms with Crippen LogP contribution in [0.2, 0.25) is 0 Å². The molecule has 180 valence electrons. The Kier molecular flexibility index (Phi) is 8.12. The van der Waals surface area contributed by atoms with Gasteiger partial charge in [-0.25, -0.2) is 0 Å². The summed E-state index contributed by atoms with van der Waals surface area (Å²) in [7, 11) is 3.81. The summed E-state index contributed by atoms with van der Waals surface area (Å²) in [6, 6.07) is 11.7. The minimum atomic E-state index is -0.708. The number of benzene rings is 2. The molecule has 1 saturated heterocycles. The van der Waals surface area contributed by atoms with Gasteiger partial charge in [-0.1, -0.05) is 24.8 Å². The number of likely N-dealkylation sites (tertiary alicyclic amines) is 1. The molecular formula is C27H32N2O5. The van der Waals surface area contributed by atoms with E-state index in [1.165, 1.54) is 4.90 Å². The predicted molar refractivity (Wildman–Crippen MR) is 132 cm³/mol. The maximum atomic E-state index is 13.1. The molecule has 34 heavy (non-hydrogen) atoms. The molecule has 0 saturated carbocycles.